The molecule has 1 aliphatic heterocycles. The van der Waals surface area contributed by atoms with Crippen molar-refractivity contribution < 1.29 is 19.1 Å². The first kappa shape index (κ1) is 20.6. The summed E-state index contributed by atoms with van der Waals surface area (Å²) < 4.78 is 5.90. The van der Waals surface area contributed by atoms with Crippen LogP contribution in [0.2, 0.25) is 0 Å². The second-order valence-electron chi connectivity index (χ2n) is 8.89. The number of amides is 4. The number of imide groups is 1. The van der Waals surface area contributed by atoms with E-state index < -0.39 is 11.6 Å². The van der Waals surface area contributed by atoms with Crippen molar-refractivity contribution in [3.8, 4) is 5.88 Å². The zero-order valence-electron chi connectivity index (χ0n) is 17.5. The number of hydrogen-bond donors (Lipinski definition) is 2. The molecule has 1 spiro atoms. The zero-order valence-corrected chi connectivity index (χ0v) is 17.5. The molecule has 8 heteroatoms. The molecule has 0 bridgehead atoms. The van der Waals surface area contributed by atoms with E-state index in [0.717, 1.165) is 36.1 Å². The molecule has 1 saturated heterocycles. The van der Waals surface area contributed by atoms with E-state index in [4.69, 9.17) is 4.74 Å². The Morgan fingerprint density at radius 1 is 1.27 bits per heavy atom. The maximum atomic E-state index is 12.9. The maximum absolute atomic E-state index is 12.9. The second-order valence-corrected chi connectivity index (χ2v) is 8.89. The highest BCUT2D eigenvalue weighted by atomic mass is 16.5. The lowest BCUT2D eigenvalue weighted by Gasteiger charge is -2.33. The third-order valence-electron chi connectivity index (χ3n) is 6.55. The largest absolute Gasteiger partial charge is 0.474 e. The van der Waals surface area contributed by atoms with Crippen LogP contribution in [0.4, 0.5) is 4.79 Å². The van der Waals surface area contributed by atoms with Crippen LogP contribution < -0.4 is 15.4 Å². The molecule has 2 N–H and O–H groups in total. The average molecular weight is 415 g/mol. The third-order valence-corrected chi connectivity index (χ3v) is 6.55. The van der Waals surface area contributed by atoms with Gasteiger partial charge < -0.3 is 15.4 Å². The Bertz CT molecular complexity index is 813. The van der Waals surface area contributed by atoms with E-state index in [1.165, 1.54) is 12.8 Å². The van der Waals surface area contributed by atoms with Crippen molar-refractivity contribution in [1.29, 1.82) is 0 Å². The number of ether oxygens (including phenoxy) is 1. The fourth-order valence-electron chi connectivity index (χ4n) is 4.62. The van der Waals surface area contributed by atoms with E-state index in [9.17, 15) is 14.4 Å². The Morgan fingerprint density at radius 3 is 2.73 bits per heavy atom. The van der Waals surface area contributed by atoms with Crippen LogP contribution >= 0.6 is 0 Å². The molecule has 4 rings (SSSR count). The van der Waals surface area contributed by atoms with Crippen LogP contribution in [0.3, 0.4) is 0 Å². The summed E-state index contributed by atoms with van der Waals surface area (Å²) in [5.41, 5.74) is 0.0443. The highest BCUT2D eigenvalue weighted by Crippen LogP contribution is 2.36. The SMILES string of the molecule is CC1CCC2(CC1)NC(=O)N(CC(=O)NCc1ccnc(OC3CCCC3)c1)C2=O. The van der Waals surface area contributed by atoms with Gasteiger partial charge in [0, 0.05) is 18.8 Å². The molecule has 2 saturated carbocycles. The summed E-state index contributed by atoms with van der Waals surface area (Å²) in [4.78, 5) is 42.9. The van der Waals surface area contributed by atoms with Gasteiger partial charge in [0.15, 0.2) is 0 Å². The minimum absolute atomic E-state index is 0.220. The van der Waals surface area contributed by atoms with E-state index in [0.29, 0.717) is 24.6 Å². The summed E-state index contributed by atoms with van der Waals surface area (Å²) in [5, 5.41) is 5.63. The number of nitrogens with one attached hydrogen (secondary N) is 2. The molecule has 8 nitrogen and oxygen atoms in total. The fourth-order valence-corrected chi connectivity index (χ4v) is 4.62. The van der Waals surface area contributed by atoms with E-state index in [1.807, 2.05) is 12.1 Å². The second kappa shape index (κ2) is 8.62. The normalized spacial score (nSPS) is 26.8. The summed E-state index contributed by atoms with van der Waals surface area (Å²) in [6.45, 7) is 2.18. The van der Waals surface area contributed by atoms with E-state index in [-0.39, 0.29) is 31.0 Å². The number of carbonyl (C=O) groups excluding carboxylic acids is 3. The van der Waals surface area contributed by atoms with E-state index in [1.54, 1.807) is 6.20 Å². The van der Waals surface area contributed by atoms with Gasteiger partial charge in [-0.3, -0.25) is 14.5 Å². The zero-order chi connectivity index (χ0) is 21.1. The Labute approximate surface area is 176 Å². The highest BCUT2D eigenvalue weighted by molar-refractivity contribution is 6.09. The Balaban J connectivity index is 1.29. The molecule has 0 unspecified atom stereocenters. The summed E-state index contributed by atoms with van der Waals surface area (Å²) >= 11 is 0. The molecular formula is C22H30N4O4. The van der Waals surface area contributed by atoms with Crippen LogP contribution in [0.15, 0.2) is 18.3 Å². The van der Waals surface area contributed by atoms with Crippen molar-refractivity contribution in [2.45, 2.75) is 76.5 Å². The number of hydrogen-bond acceptors (Lipinski definition) is 5. The van der Waals surface area contributed by atoms with Gasteiger partial charge in [-0.2, -0.15) is 0 Å². The molecule has 30 heavy (non-hydrogen) atoms. The van der Waals surface area contributed by atoms with Gasteiger partial charge in [0.1, 0.15) is 18.2 Å². The number of rotatable bonds is 6. The molecule has 0 atom stereocenters. The molecule has 0 aromatic carbocycles. The molecule has 1 aromatic heterocycles. The van der Waals surface area contributed by atoms with Crippen molar-refractivity contribution in [3.05, 3.63) is 23.9 Å². The number of aromatic nitrogens is 1. The smallest absolute Gasteiger partial charge is 0.325 e. The minimum atomic E-state index is -0.818. The molecule has 3 fully saturated rings. The number of urea groups is 1. The monoisotopic (exact) mass is 414 g/mol. The molecule has 2 aliphatic carbocycles. The first-order valence-corrected chi connectivity index (χ1v) is 11.0. The Morgan fingerprint density at radius 2 is 2.00 bits per heavy atom. The summed E-state index contributed by atoms with van der Waals surface area (Å²) in [6, 6.07) is 3.17. The molecule has 1 aromatic rings. The van der Waals surface area contributed by atoms with Gasteiger partial charge in [-0.15, -0.1) is 0 Å². The molecule has 4 amide bonds. The highest BCUT2D eigenvalue weighted by Gasteiger charge is 2.52. The summed E-state index contributed by atoms with van der Waals surface area (Å²) in [6.07, 6.45) is 9.43. The predicted molar refractivity (Wildman–Crippen MR) is 110 cm³/mol. The molecular weight excluding hydrogens is 384 g/mol. The lowest BCUT2D eigenvalue weighted by Crippen LogP contribution is -2.49. The Hall–Kier alpha value is -2.64. The number of nitrogens with zero attached hydrogens (tertiary/aromatic N) is 2. The van der Waals surface area contributed by atoms with Gasteiger partial charge in [-0.1, -0.05) is 6.92 Å². The first-order chi connectivity index (χ1) is 14.4. The molecule has 0 radical (unpaired) electrons. The van der Waals surface area contributed by atoms with E-state index >= 15 is 0 Å². The number of carbonyl (C=O) groups is 3. The van der Waals surface area contributed by atoms with Crippen molar-refractivity contribution >= 4 is 17.8 Å². The predicted octanol–water partition coefficient (Wildman–Crippen LogP) is 2.52. The first-order valence-electron chi connectivity index (χ1n) is 11.0. The van der Waals surface area contributed by atoms with Gasteiger partial charge >= 0.3 is 6.03 Å². The van der Waals surface area contributed by atoms with Crippen LogP contribution in [0.25, 0.3) is 0 Å². The van der Waals surface area contributed by atoms with Crippen molar-refractivity contribution in [3.63, 3.8) is 0 Å². The van der Waals surface area contributed by atoms with E-state index in [2.05, 4.69) is 22.5 Å². The van der Waals surface area contributed by atoms with Crippen LogP contribution in [0.5, 0.6) is 5.88 Å². The average Bonchev–Trinajstić information content (AvgIpc) is 3.32. The lowest BCUT2D eigenvalue weighted by atomic mass is 9.77. The summed E-state index contributed by atoms with van der Waals surface area (Å²) in [5.74, 6) is 0.484. The maximum Gasteiger partial charge on any atom is 0.325 e. The fraction of sp³-hybridized carbons (Fsp3) is 0.636. The standard InChI is InChI=1S/C22H30N4O4/c1-15-6-9-22(10-7-15)20(28)26(21(29)25-22)14-18(27)24-13-16-8-11-23-19(12-16)30-17-4-2-3-5-17/h8,11-12,15,17H,2-7,9-10,13-14H2,1H3,(H,24,27)(H,25,29). The van der Waals surface area contributed by atoms with Gasteiger partial charge in [0.05, 0.1) is 0 Å². The lowest BCUT2D eigenvalue weighted by molar-refractivity contribution is -0.136. The van der Waals surface area contributed by atoms with Gasteiger partial charge in [0.2, 0.25) is 11.8 Å². The van der Waals surface area contributed by atoms with Crippen molar-refractivity contribution in [2.24, 2.45) is 5.92 Å². The van der Waals surface area contributed by atoms with Crippen molar-refractivity contribution in [1.82, 2.24) is 20.5 Å². The summed E-state index contributed by atoms with van der Waals surface area (Å²) in [7, 11) is 0. The third kappa shape index (κ3) is 4.42. The van der Waals surface area contributed by atoms with Crippen LogP contribution in [0.1, 0.15) is 63.9 Å². The quantitative estimate of drug-likeness (QED) is 0.697. The molecule has 3 aliphatic rings. The topological polar surface area (TPSA) is 101 Å². The number of pyridine rings is 1. The van der Waals surface area contributed by atoms with Gasteiger partial charge in [0.25, 0.3) is 5.91 Å². The Kier molecular flexibility index (Phi) is 5.92. The van der Waals surface area contributed by atoms with Crippen LogP contribution in [-0.2, 0) is 16.1 Å². The molecule has 162 valence electrons. The van der Waals surface area contributed by atoms with Gasteiger partial charge in [-0.25, -0.2) is 9.78 Å². The molecule has 2 heterocycles. The van der Waals surface area contributed by atoms with Gasteiger partial charge in [-0.05, 0) is 68.9 Å². The van der Waals surface area contributed by atoms with Crippen LogP contribution in [-0.4, -0.2) is 45.9 Å². The minimum Gasteiger partial charge on any atom is -0.474 e. The van der Waals surface area contributed by atoms with Crippen molar-refractivity contribution in [2.75, 3.05) is 6.54 Å². The van der Waals surface area contributed by atoms with Crippen LogP contribution in [0, 0.1) is 5.92 Å².